The molecule has 2 aromatic carbocycles. The fraction of sp³-hybridized carbons (Fsp3) is 0.400. The van der Waals surface area contributed by atoms with Crippen molar-refractivity contribution in [2.75, 3.05) is 0 Å². The molecule has 0 aromatic heterocycles. The van der Waals surface area contributed by atoms with Crippen molar-refractivity contribution in [3.8, 4) is 0 Å². The lowest BCUT2D eigenvalue weighted by atomic mass is 9.93. The predicted octanol–water partition coefficient (Wildman–Crippen LogP) is 3.93. The predicted molar refractivity (Wildman–Crippen MR) is 90.8 cm³/mol. The van der Waals surface area contributed by atoms with Gasteiger partial charge in [0.25, 0.3) is 0 Å². The zero-order valence-corrected chi connectivity index (χ0v) is 13.9. The molecule has 2 aromatic rings. The van der Waals surface area contributed by atoms with Crippen LogP contribution in [0.5, 0.6) is 0 Å². The van der Waals surface area contributed by atoms with E-state index in [0.717, 1.165) is 24.0 Å². The molecule has 0 fully saturated rings. The van der Waals surface area contributed by atoms with E-state index in [1.165, 1.54) is 11.1 Å². The summed E-state index contributed by atoms with van der Waals surface area (Å²) in [4.78, 5) is 0. The second-order valence-electron chi connectivity index (χ2n) is 7.02. The summed E-state index contributed by atoms with van der Waals surface area (Å²) in [5, 5.41) is 20.2. The second-order valence-corrected chi connectivity index (χ2v) is 7.02. The lowest BCUT2D eigenvalue weighted by Crippen LogP contribution is -2.16. The molecule has 0 aliphatic carbocycles. The summed E-state index contributed by atoms with van der Waals surface area (Å²) in [6, 6.07) is 16.2. The number of hydrogen-bond acceptors (Lipinski definition) is 2. The van der Waals surface area contributed by atoms with Gasteiger partial charge in [0.2, 0.25) is 0 Å². The normalized spacial score (nSPS) is 12.5. The molecule has 22 heavy (non-hydrogen) atoms. The molecule has 2 N–H and O–H groups in total. The zero-order chi connectivity index (χ0) is 16.4. The van der Waals surface area contributed by atoms with Gasteiger partial charge in [-0.25, -0.2) is 0 Å². The number of aliphatic hydroxyl groups is 2. The average molecular weight is 298 g/mol. The van der Waals surface area contributed by atoms with Gasteiger partial charge in [-0.05, 0) is 62.8 Å². The Bertz CT molecular complexity index is 573. The maximum Gasteiger partial charge on any atom is 0.0840 e. The van der Waals surface area contributed by atoms with Crippen LogP contribution >= 0.6 is 0 Å². The van der Waals surface area contributed by atoms with E-state index in [1.807, 2.05) is 24.3 Å². The van der Waals surface area contributed by atoms with Crippen molar-refractivity contribution in [3.63, 3.8) is 0 Å². The molecule has 0 amide bonds. The Labute approximate surface area is 133 Å². The minimum atomic E-state index is -0.809. The first kappa shape index (κ1) is 16.7. The molecule has 2 rings (SSSR count). The Hall–Kier alpha value is -1.64. The van der Waals surface area contributed by atoms with Crippen molar-refractivity contribution in [3.05, 3.63) is 70.8 Å². The molecule has 0 aliphatic rings. The van der Waals surface area contributed by atoms with E-state index in [0.29, 0.717) is 0 Å². The minimum absolute atomic E-state index is 0.809. The summed E-state index contributed by atoms with van der Waals surface area (Å²) in [6.07, 6.45) is 1.83. The van der Waals surface area contributed by atoms with E-state index in [2.05, 4.69) is 24.3 Å². The zero-order valence-electron chi connectivity index (χ0n) is 13.9. The quantitative estimate of drug-likeness (QED) is 0.878. The Kier molecular flexibility index (Phi) is 4.74. The molecule has 0 bridgehead atoms. The number of aryl methyl sites for hydroxylation is 2. The van der Waals surface area contributed by atoms with Crippen molar-refractivity contribution < 1.29 is 10.2 Å². The van der Waals surface area contributed by atoms with Gasteiger partial charge in [0.05, 0.1) is 11.2 Å². The van der Waals surface area contributed by atoms with Crippen LogP contribution in [0.15, 0.2) is 48.5 Å². The van der Waals surface area contributed by atoms with Gasteiger partial charge in [-0.3, -0.25) is 0 Å². The fourth-order valence-corrected chi connectivity index (χ4v) is 2.50. The molecule has 0 saturated heterocycles. The Morgan fingerprint density at radius 3 is 1.36 bits per heavy atom. The van der Waals surface area contributed by atoms with Gasteiger partial charge in [-0.15, -0.1) is 0 Å². The molecule has 0 atom stereocenters. The van der Waals surface area contributed by atoms with Crippen molar-refractivity contribution in [2.45, 2.75) is 51.7 Å². The summed E-state index contributed by atoms with van der Waals surface area (Å²) in [5.41, 5.74) is 2.69. The molecule has 118 valence electrons. The lowest BCUT2D eigenvalue weighted by molar-refractivity contribution is 0.0779. The van der Waals surface area contributed by atoms with E-state index in [-0.39, 0.29) is 0 Å². The highest BCUT2D eigenvalue weighted by molar-refractivity contribution is 5.30. The largest absolute Gasteiger partial charge is 0.386 e. The van der Waals surface area contributed by atoms with Crippen LogP contribution in [0.4, 0.5) is 0 Å². The summed E-state index contributed by atoms with van der Waals surface area (Å²) >= 11 is 0. The van der Waals surface area contributed by atoms with Crippen LogP contribution in [-0.2, 0) is 24.0 Å². The third-order valence-corrected chi connectivity index (χ3v) is 3.97. The first-order valence-electron chi connectivity index (χ1n) is 7.80. The maximum atomic E-state index is 10.1. The first-order valence-corrected chi connectivity index (χ1v) is 7.80. The smallest absolute Gasteiger partial charge is 0.0840 e. The molecular weight excluding hydrogens is 272 g/mol. The molecule has 2 heteroatoms. The Balaban J connectivity index is 2.11. The van der Waals surface area contributed by atoms with Gasteiger partial charge in [0.1, 0.15) is 0 Å². The van der Waals surface area contributed by atoms with Gasteiger partial charge in [0, 0.05) is 0 Å². The molecule has 0 radical (unpaired) electrons. The van der Waals surface area contributed by atoms with Gasteiger partial charge >= 0.3 is 0 Å². The van der Waals surface area contributed by atoms with E-state index in [1.54, 1.807) is 27.7 Å². The van der Waals surface area contributed by atoms with E-state index < -0.39 is 11.2 Å². The third-order valence-electron chi connectivity index (χ3n) is 3.97. The molecular formula is C20H26O2. The Morgan fingerprint density at radius 1 is 0.682 bits per heavy atom. The van der Waals surface area contributed by atoms with Crippen LogP contribution in [0.1, 0.15) is 49.9 Å². The van der Waals surface area contributed by atoms with Crippen molar-refractivity contribution in [1.29, 1.82) is 0 Å². The molecule has 0 saturated carbocycles. The maximum absolute atomic E-state index is 10.1. The van der Waals surface area contributed by atoms with E-state index >= 15 is 0 Å². The average Bonchev–Trinajstić information content (AvgIpc) is 2.44. The van der Waals surface area contributed by atoms with E-state index in [4.69, 9.17) is 0 Å². The lowest BCUT2D eigenvalue weighted by Gasteiger charge is -2.19. The second kappa shape index (κ2) is 6.23. The van der Waals surface area contributed by atoms with Gasteiger partial charge in [-0.2, -0.15) is 0 Å². The van der Waals surface area contributed by atoms with E-state index in [9.17, 15) is 10.2 Å². The molecule has 2 nitrogen and oxygen atoms in total. The van der Waals surface area contributed by atoms with Crippen LogP contribution in [0, 0.1) is 0 Å². The molecule has 0 unspecified atom stereocenters. The van der Waals surface area contributed by atoms with Crippen molar-refractivity contribution in [2.24, 2.45) is 0 Å². The highest BCUT2D eigenvalue weighted by atomic mass is 16.3. The fourth-order valence-electron chi connectivity index (χ4n) is 2.50. The van der Waals surface area contributed by atoms with Gasteiger partial charge in [0.15, 0.2) is 0 Å². The standard InChI is InChI=1S/C20H26O2/c1-19(2,21)17-9-5-7-15(13-17)11-12-16-8-6-10-18(14-16)20(3,4)22/h5-10,13-14,21-22H,11-12H2,1-4H3. The van der Waals surface area contributed by atoms with Crippen LogP contribution in [-0.4, -0.2) is 10.2 Å². The molecule has 0 spiro atoms. The monoisotopic (exact) mass is 298 g/mol. The number of rotatable bonds is 5. The summed E-state index contributed by atoms with van der Waals surface area (Å²) in [6.45, 7) is 7.22. The summed E-state index contributed by atoms with van der Waals surface area (Å²) in [5.74, 6) is 0. The molecule has 0 aliphatic heterocycles. The van der Waals surface area contributed by atoms with Crippen LogP contribution in [0.25, 0.3) is 0 Å². The Morgan fingerprint density at radius 2 is 1.05 bits per heavy atom. The summed E-state index contributed by atoms with van der Waals surface area (Å²) in [7, 11) is 0. The highest BCUT2D eigenvalue weighted by Crippen LogP contribution is 2.23. The number of hydrogen-bond donors (Lipinski definition) is 2. The van der Waals surface area contributed by atoms with Crippen LogP contribution in [0.2, 0.25) is 0 Å². The van der Waals surface area contributed by atoms with Gasteiger partial charge < -0.3 is 10.2 Å². The van der Waals surface area contributed by atoms with Crippen LogP contribution < -0.4 is 0 Å². The van der Waals surface area contributed by atoms with Crippen molar-refractivity contribution in [1.82, 2.24) is 0 Å². The highest BCUT2D eigenvalue weighted by Gasteiger charge is 2.17. The van der Waals surface area contributed by atoms with Crippen molar-refractivity contribution >= 4 is 0 Å². The third kappa shape index (κ3) is 4.43. The first-order chi connectivity index (χ1) is 10.2. The number of benzene rings is 2. The SMILES string of the molecule is CC(C)(O)c1cccc(CCc2cccc(C(C)(C)O)c2)c1. The van der Waals surface area contributed by atoms with Gasteiger partial charge in [-0.1, -0.05) is 48.5 Å². The topological polar surface area (TPSA) is 40.5 Å². The summed E-state index contributed by atoms with van der Waals surface area (Å²) < 4.78 is 0. The minimum Gasteiger partial charge on any atom is -0.386 e. The molecule has 0 heterocycles. The van der Waals surface area contributed by atoms with Crippen LogP contribution in [0.3, 0.4) is 0 Å².